The molecule has 144 valence electrons. The molecule has 4 saturated carbocycles. The third-order valence-electron chi connectivity index (χ3n) is 5.70. The molecule has 0 radical (unpaired) electrons. The van der Waals surface area contributed by atoms with E-state index in [0.29, 0.717) is 12.8 Å². The fraction of sp³-hybridized carbons (Fsp3) is 0.895. The molecule has 4 fully saturated rings. The summed E-state index contributed by atoms with van der Waals surface area (Å²) in [5, 5.41) is 31.4. The zero-order valence-electron chi connectivity index (χ0n) is 16.1. The first kappa shape index (κ1) is 20.2. The lowest BCUT2D eigenvalue weighted by molar-refractivity contribution is -0.233. The van der Waals surface area contributed by atoms with E-state index in [4.69, 9.17) is 5.11 Å². The first-order valence-corrected chi connectivity index (χ1v) is 9.01. The molecule has 0 aromatic heterocycles. The predicted molar refractivity (Wildman–Crippen MR) is 93.9 cm³/mol. The van der Waals surface area contributed by atoms with E-state index >= 15 is 0 Å². The van der Waals surface area contributed by atoms with Gasteiger partial charge in [-0.25, -0.2) is 4.79 Å². The van der Waals surface area contributed by atoms with E-state index in [9.17, 15) is 19.8 Å². The summed E-state index contributed by atoms with van der Waals surface area (Å²) in [4.78, 5) is 22.4. The molecule has 4 N–H and O–H groups in total. The Bertz CT molecular complexity index is 493. The number of nitrogens with one attached hydrogen (secondary N) is 1. The van der Waals surface area contributed by atoms with Crippen molar-refractivity contribution >= 4 is 12.4 Å². The lowest BCUT2D eigenvalue weighted by atomic mass is 9.38. The van der Waals surface area contributed by atoms with Gasteiger partial charge >= 0.3 is 5.97 Å². The molecule has 25 heavy (non-hydrogen) atoms. The van der Waals surface area contributed by atoms with Crippen LogP contribution in [0, 0.1) is 16.2 Å². The topological polar surface area (TPSA) is 107 Å². The monoisotopic (exact) mass is 355 g/mol. The van der Waals surface area contributed by atoms with Gasteiger partial charge in [0.25, 0.3) is 0 Å². The Morgan fingerprint density at radius 3 is 1.80 bits per heavy atom. The fourth-order valence-corrected chi connectivity index (χ4v) is 6.61. The van der Waals surface area contributed by atoms with E-state index in [-0.39, 0.29) is 10.8 Å². The van der Waals surface area contributed by atoms with Crippen molar-refractivity contribution in [2.45, 2.75) is 90.4 Å². The molecular weight excluding hydrogens is 322 g/mol. The Kier molecular flexibility index (Phi) is 4.80. The molecule has 4 aliphatic carbocycles. The smallest absolute Gasteiger partial charge is 0.326 e. The van der Waals surface area contributed by atoms with Crippen LogP contribution >= 0.6 is 0 Å². The average Bonchev–Trinajstić information content (AvgIpc) is 2.26. The average molecular weight is 355 g/mol. The third kappa shape index (κ3) is 4.34. The van der Waals surface area contributed by atoms with E-state index in [2.05, 4.69) is 19.2 Å². The van der Waals surface area contributed by atoms with Crippen LogP contribution in [-0.4, -0.2) is 44.9 Å². The highest BCUT2D eigenvalue weighted by molar-refractivity contribution is 5.77. The van der Waals surface area contributed by atoms with Gasteiger partial charge in [0.1, 0.15) is 6.04 Å². The highest BCUT2D eigenvalue weighted by Gasteiger charge is 2.68. The molecular formula is C19H33NO5. The van der Waals surface area contributed by atoms with Gasteiger partial charge in [-0.1, -0.05) is 13.8 Å². The normalized spacial score (nSPS) is 43.0. The number of hydrogen-bond donors (Lipinski definition) is 4. The standard InChI is InChI=1S/C15H23NO4.C4H10O/c1-12-3-13(2)5-14(4-12,8-15(20,6-12)7-13)10(11(18)19)16-9-17;1-4(2,3)5/h9-10,20H,3-8H2,1-2H3,(H,16,17)(H,18,19);5H,1-3H3. The SMILES string of the molecule is CC(C)(C)O.CC12CC3(C)CC(O)(C1)CC(C(NC=O)C(=O)O)(C2)C3. The number of hydrogen-bond acceptors (Lipinski definition) is 4. The van der Waals surface area contributed by atoms with Crippen molar-refractivity contribution in [2.24, 2.45) is 16.2 Å². The summed E-state index contributed by atoms with van der Waals surface area (Å²) < 4.78 is 0. The van der Waals surface area contributed by atoms with Crippen molar-refractivity contribution in [3.05, 3.63) is 0 Å². The number of carboxylic acids is 1. The van der Waals surface area contributed by atoms with Gasteiger partial charge in [0.2, 0.25) is 6.41 Å². The fourth-order valence-electron chi connectivity index (χ4n) is 6.61. The van der Waals surface area contributed by atoms with Crippen LogP contribution < -0.4 is 5.32 Å². The second kappa shape index (κ2) is 5.95. The molecule has 4 rings (SSSR count). The molecule has 6 nitrogen and oxygen atoms in total. The zero-order chi connectivity index (χ0) is 19.3. The van der Waals surface area contributed by atoms with Crippen LogP contribution in [0.1, 0.15) is 73.1 Å². The van der Waals surface area contributed by atoms with Crippen molar-refractivity contribution in [3.8, 4) is 0 Å². The first-order valence-electron chi connectivity index (χ1n) is 9.01. The highest BCUT2D eigenvalue weighted by atomic mass is 16.4. The molecule has 3 atom stereocenters. The van der Waals surface area contributed by atoms with Crippen LogP contribution in [0.25, 0.3) is 0 Å². The van der Waals surface area contributed by atoms with Crippen molar-refractivity contribution in [1.82, 2.24) is 5.32 Å². The van der Waals surface area contributed by atoms with Crippen LogP contribution in [0.2, 0.25) is 0 Å². The molecule has 3 unspecified atom stereocenters. The molecule has 0 aromatic carbocycles. The quantitative estimate of drug-likeness (QED) is 0.578. The lowest BCUT2D eigenvalue weighted by Gasteiger charge is -2.69. The van der Waals surface area contributed by atoms with Gasteiger partial charge in [-0.3, -0.25) is 4.79 Å². The molecule has 0 aromatic rings. The van der Waals surface area contributed by atoms with Gasteiger partial charge < -0.3 is 20.6 Å². The molecule has 6 heteroatoms. The Morgan fingerprint density at radius 2 is 1.48 bits per heavy atom. The third-order valence-corrected chi connectivity index (χ3v) is 5.70. The maximum atomic E-state index is 11.6. The minimum absolute atomic E-state index is 0.0173. The minimum Gasteiger partial charge on any atom is -0.480 e. The van der Waals surface area contributed by atoms with Crippen LogP contribution in [0.5, 0.6) is 0 Å². The second-order valence-corrected chi connectivity index (χ2v) is 10.5. The maximum absolute atomic E-state index is 11.6. The summed E-state index contributed by atoms with van der Waals surface area (Å²) in [5.41, 5.74) is -1.82. The molecule has 4 bridgehead atoms. The Balaban J connectivity index is 0.000000399. The number of aliphatic hydroxyl groups is 2. The molecule has 0 aliphatic heterocycles. The number of carbonyl (C=O) groups excluding carboxylic acids is 1. The molecule has 0 heterocycles. The van der Waals surface area contributed by atoms with E-state index in [1.165, 1.54) is 0 Å². The Hall–Kier alpha value is -1.14. The van der Waals surface area contributed by atoms with Gasteiger partial charge in [-0.2, -0.15) is 0 Å². The maximum Gasteiger partial charge on any atom is 0.326 e. The van der Waals surface area contributed by atoms with E-state index < -0.39 is 28.6 Å². The number of carboxylic acid groups (broad SMARTS) is 1. The summed E-state index contributed by atoms with van der Waals surface area (Å²) in [6, 6.07) is -0.897. The van der Waals surface area contributed by atoms with Gasteiger partial charge in [-0.15, -0.1) is 0 Å². The van der Waals surface area contributed by atoms with Gasteiger partial charge in [0.05, 0.1) is 11.2 Å². The van der Waals surface area contributed by atoms with E-state index in [1.54, 1.807) is 20.8 Å². The molecule has 0 spiro atoms. The minimum atomic E-state index is -0.991. The number of carbonyl (C=O) groups is 2. The summed E-state index contributed by atoms with van der Waals surface area (Å²) >= 11 is 0. The Labute approximate surface area is 150 Å². The van der Waals surface area contributed by atoms with Crippen molar-refractivity contribution in [1.29, 1.82) is 0 Å². The predicted octanol–water partition coefficient (Wildman–Crippen LogP) is 2.07. The first-order chi connectivity index (χ1) is 11.1. The van der Waals surface area contributed by atoms with Gasteiger partial charge in [0.15, 0.2) is 0 Å². The summed E-state index contributed by atoms with van der Waals surface area (Å²) in [6.07, 6.45) is 5.06. The van der Waals surface area contributed by atoms with Crippen LogP contribution in [0.4, 0.5) is 0 Å². The number of amides is 1. The molecule has 4 aliphatic rings. The molecule has 0 saturated heterocycles. The van der Waals surface area contributed by atoms with Crippen molar-refractivity contribution in [3.63, 3.8) is 0 Å². The Morgan fingerprint density at radius 1 is 1.04 bits per heavy atom. The van der Waals surface area contributed by atoms with Crippen LogP contribution in [0.15, 0.2) is 0 Å². The van der Waals surface area contributed by atoms with Crippen molar-refractivity contribution < 1.29 is 24.9 Å². The van der Waals surface area contributed by atoms with Crippen LogP contribution in [0.3, 0.4) is 0 Å². The molecule has 1 amide bonds. The van der Waals surface area contributed by atoms with Gasteiger partial charge in [0, 0.05) is 5.41 Å². The highest BCUT2D eigenvalue weighted by Crippen LogP contribution is 2.71. The number of rotatable bonds is 4. The summed E-state index contributed by atoms with van der Waals surface area (Å²) in [7, 11) is 0. The number of aliphatic carboxylic acids is 1. The van der Waals surface area contributed by atoms with Gasteiger partial charge in [-0.05, 0) is 70.1 Å². The van der Waals surface area contributed by atoms with Crippen molar-refractivity contribution in [2.75, 3.05) is 0 Å². The summed E-state index contributed by atoms with van der Waals surface area (Å²) in [6.45, 7) is 9.54. The van der Waals surface area contributed by atoms with Crippen LogP contribution in [-0.2, 0) is 9.59 Å². The van der Waals surface area contributed by atoms with E-state index in [1.807, 2.05) is 0 Å². The zero-order valence-corrected chi connectivity index (χ0v) is 16.1. The summed E-state index contributed by atoms with van der Waals surface area (Å²) in [5.74, 6) is -0.991. The lowest BCUT2D eigenvalue weighted by Crippen LogP contribution is -2.68. The van der Waals surface area contributed by atoms with E-state index in [0.717, 1.165) is 32.1 Å². The second-order valence-electron chi connectivity index (χ2n) is 10.5. The largest absolute Gasteiger partial charge is 0.480 e.